The van der Waals surface area contributed by atoms with Gasteiger partial charge < -0.3 is 10.6 Å². The van der Waals surface area contributed by atoms with Crippen molar-refractivity contribution in [1.29, 1.82) is 0 Å². The van der Waals surface area contributed by atoms with Crippen LogP contribution in [0.15, 0.2) is 29.1 Å². The lowest BCUT2D eigenvalue weighted by Gasteiger charge is -2.26. The van der Waals surface area contributed by atoms with Crippen LogP contribution in [0.5, 0.6) is 0 Å². The first-order chi connectivity index (χ1) is 10.8. The van der Waals surface area contributed by atoms with Gasteiger partial charge in [-0.2, -0.15) is 5.10 Å². The van der Waals surface area contributed by atoms with Crippen LogP contribution in [-0.2, 0) is 4.79 Å². The van der Waals surface area contributed by atoms with Crippen molar-refractivity contribution >= 4 is 22.6 Å². The number of H-pyrrole nitrogens is 1. The molecule has 1 heterocycles. The van der Waals surface area contributed by atoms with Gasteiger partial charge in [-0.1, -0.05) is 18.2 Å². The molecular formula is C16H20N4O3. The van der Waals surface area contributed by atoms with Crippen molar-refractivity contribution in [3.63, 3.8) is 0 Å². The van der Waals surface area contributed by atoms with Gasteiger partial charge in [0.15, 0.2) is 5.69 Å². The van der Waals surface area contributed by atoms with Crippen molar-refractivity contribution < 1.29 is 9.59 Å². The van der Waals surface area contributed by atoms with Gasteiger partial charge in [0, 0.05) is 24.4 Å². The fourth-order valence-electron chi connectivity index (χ4n) is 2.27. The summed E-state index contributed by atoms with van der Waals surface area (Å²) in [5.74, 6) is -0.473. The first kappa shape index (κ1) is 16.7. The molecule has 0 saturated carbocycles. The molecule has 0 aliphatic heterocycles. The second kappa shape index (κ2) is 6.60. The van der Waals surface area contributed by atoms with E-state index < -0.39 is 5.54 Å². The third-order valence-corrected chi connectivity index (χ3v) is 3.62. The zero-order chi connectivity index (χ0) is 17.0. The Balaban J connectivity index is 2.23. The molecule has 0 radical (unpaired) electrons. The molecular weight excluding hydrogens is 296 g/mol. The summed E-state index contributed by atoms with van der Waals surface area (Å²) in [5.41, 5.74) is -0.757. The molecule has 0 bridgehead atoms. The zero-order valence-electron chi connectivity index (χ0n) is 13.4. The van der Waals surface area contributed by atoms with Crippen LogP contribution in [0.25, 0.3) is 10.8 Å². The number of carbonyl (C=O) groups excluding carboxylic acids is 2. The quantitative estimate of drug-likeness (QED) is 0.764. The second-order valence-electron chi connectivity index (χ2n) is 5.96. The van der Waals surface area contributed by atoms with Crippen LogP contribution < -0.4 is 16.2 Å². The zero-order valence-corrected chi connectivity index (χ0v) is 13.4. The minimum Gasteiger partial charge on any atom is -0.359 e. The third kappa shape index (κ3) is 3.94. The van der Waals surface area contributed by atoms with Crippen LogP contribution in [0.3, 0.4) is 0 Å². The molecule has 122 valence electrons. The van der Waals surface area contributed by atoms with Crippen molar-refractivity contribution in [2.24, 2.45) is 0 Å². The van der Waals surface area contributed by atoms with E-state index in [2.05, 4.69) is 20.8 Å². The molecule has 0 spiro atoms. The van der Waals surface area contributed by atoms with Crippen LogP contribution >= 0.6 is 0 Å². The number of hydrogen-bond acceptors (Lipinski definition) is 4. The largest absolute Gasteiger partial charge is 0.359 e. The molecule has 0 aliphatic carbocycles. The Labute approximate surface area is 133 Å². The molecule has 0 atom stereocenters. The molecule has 2 amide bonds. The van der Waals surface area contributed by atoms with Crippen molar-refractivity contribution in [2.45, 2.75) is 32.2 Å². The van der Waals surface area contributed by atoms with Crippen LogP contribution in [-0.4, -0.2) is 34.6 Å². The number of rotatable bonds is 5. The van der Waals surface area contributed by atoms with Crippen molar-refractivity contribution in [1.82, 2.24) is 20.8 Å². The predicted molar refractivity (Wildman–Crippen MR) is 87.2 cm³/mol. The molecule has 3 N–H and O–H groups in total. The number of hydrogen-bond donors (Lipinski definition) is 3. The first-order valence-corrected chi connectivity index (χ1v) is 7.34. The van der Waals surface area contributed by atoms with E-state index in [1.165, 1.54) is 0 Å². The summed E-state index contributed by atoms with van der Waals surface area (Å²) < 4.78 is 0. The van der Waals surface area contributed by atoms with E-state index >= 15 is 0 Å². The highest BCUT2D eigenvalue weighted by molar-refractivity contribution is 6.04. The highest BCUT2D eigenvalue weighted by atomic mass is 16.2. The highest BCUT2D eigenvalue weighted by Crippen LogP contribution is 2.16. The van der Waals surface area contributed by atoms with Gasteiger partial charge in [0.1, 0.15) is 0 Å². The topological polar surface area (TPSA) is 104 Å². The minimum absolute atomic E-state index is 0.0834. The summed E-state index contributed by atoms with van der Waals surface area (Å²) >= 11 is 0. The lowest BCUT2D eigenvalue weighted by molar-refractivity contribution is -0.121. The number of nitrogens with zero attached hydrogens (tertiary/aromatic N) is 1. The Morgan fingerprint density at radius 2 is 1.87 bits per heavy atom. The van der Waals surface area contributed by atoms with Gasteiger partial charge in [-0.25, -0.2) is 5.10 Å². The van der Waals surface area contributed by atoms with E-state index in [0.29, 0.717) is 23.6 Å². The maximum atomic E-state index is 12.5. The summed E-state index contributed by atoms with van der Waals surface area (Å²) in [4.78, 5) is 35.6. The normalized spacial score (nSPS) is 11.3. The number of carbonyl (C=O) groups is 2. The van der Waals surface area contributed by atoms with E-state index in [-0.39, 0.29) is 23.1 Å². The maximum absolute atomic E-state index is 12.5. The van der Waals surface area contributed by atoms with E-state index in [0.717, 1.165) is 0 Å². The van der Waals surface area contributed by atoms with Gasteiger partial charge in [-0.3, -0.25) is 14.4 Å². The summed E-state index contributed by atoms with van der Waals surface area (Å²) in [7, 11) is 1.57. The van der Waals surface area contributed by atoms with E-state index in [4.69, 9.17) is 0 Å². The second-order valence-corrected chi connectivity index (χ2v) is 5.96. The van der Waals surface area contributed by atoms with Gasteiger partial charge in [0.25, 0.3) is 11.5 Å². The Morgan fingerprint density at radius 3 is 2.52 bits per heavy atom. The first-order valence-electron chi connectivity index (χ1n) is 7.34. The number of aromatic amines is 1. The highest BCUT2D eigenvalue weighted by Gasteiger charge is 2.24. The summed E-state index contributed by atoms with van der Waals surface area (Å²) in [5, 5.41) is 12.5. The van der Waals surface area contributed by atoms with E-state index in [1.54, 1.807) is 31.3 Å². The molecule has 2 rings (SSSR count). The average molecular weight is 316 g/mol. The molecule has 0 saturated heterocycles. The molecule has 7 heteroatoms. The van der Waals surface area contributed by atoms with Gasteiger partial charge in [-0.15, -0.1) is 0 Å². The third-order valence-electron chi connectivity index (χ3n) is 3.62. The van der Waals surface area contributed by atoms with Gasteiger partial charge in [-0.05, 0) is 26.3 Å². The number of aromatic nitrogens is 2. The Morgan fingerprint density at radius 1 is 1.22 bits per heavy atom. The molecule has 2 aromatic rings. The van der Waals surface area contributed by atoms with Crippen LogP contribution in [0.2, 0.25) is 0 Å². The Bertz CT molecular complexity index is 795. The molecule has 1 aromatic heterocycles. The van der Waals surface area contributed by atoms with Crippen molar-refractivity contribution in [3.05, 3.63) is 40.3 Å². The summed E-state index contributed by atoms with van der Waals surface area (Å²) in [6, 6.07) is 6.80. The summed E-state index contributed by atoms with van der Waals surface area (Å²) in [6.45, 7) is 3.67. The predicted octanol–water partition coefficient (Wildman–Crippen LogP) is 0.958. The lowest BCUT2D eigenvalue weighted by Crippen LogP contribution is -2.44. The standard InChI is InChI=1S/C16H20N4O3/c1-16(2,9-8-12(21)17-3)18-15(23)13-10-6-4-5-7-11(10)14(22)20-19-13/h4-7H,8-9H2,1-3H3,(H,17,21)(H,18,23)(H,20,22). The monoisotopic (exact) mass is 316 g/mol. The maximum Gasteiger partial charge on any atom is 0.272 e. The van der Waals surface area contributed by atoms with Crippen LogP contribution in [0.4, 0.5) is 0 Å². The SMILES string of the molecule is CNC(=O)CCC(C)(C)NC(=O)c1n[nH]c(=O)c2ccccc12. The smallest absolute Gasteiger partial charge is 0.272 e. The number of nitrogens with one attached hydrogen (secondary N) is 3. The van der Waals surface area contributed by atoms with Crippen molar-refractivity contribution in [2.75, 3.05) is 7.05 Å². The fourth-order valence-corrected chi connectivity index (χ4v) is 2.27. The van der Waals surface area contributed by atoms with E-state index in [1.807, 2.05) is 13.8 Å². The van der Waals surface area contributed by atoms with Gasteiger partial charge in [0.05, 0.1) is 5.39 Å². The fraction of sp³-hybridized carbons (Fsp3) is 0.375. The Hall–Kier alpha value is -2.70. The average Bonchev–Trinajstić information content (AvgIpc) is 2.52. The molecule has 1 aromatic carbocycles. The molecule has 23 heavy (non-hydrogen) atoms. The van der Waals surface area contributed by atoms with Crippen molar-refractivity contribution in [3.8, 4) is 0 Å². The minimum atomic E-state index is -0.581. The molecule has 0 fully saturated rings. The Kier molecular flexibility index (Phi) is 4.78. The van der Waals surface area contributed by atoms with Gasteiger partial charge in [0.2, 0.25) is 5.91 Å². The molecule has 0 aliphatic rings. The number of fused-ring (bicyclic) bond motifs is 1. The summed E-state index contributed by atoms with van der Waals surface area (Å²) in [6.07, 6.45) is 0.795. The number of amides is 2. The lowest BCUT2D eigenvalue weighted by atomic mass is 9.97. The molecule has 0 unspecified atom stereocenters. The molecule has 7 nitrogen and oxygen atoms in total. The van der Waals surface area contributed by atoms with Crippen LogP contribution in [0, 0.1) is 0 Å². The van der Waals surface area contributed by atoms with Gasteiger partial charge >= 0.3 is 0 Å². The van der Waals surface area contributed by atoms with Crippen LogP contribution in [0.1, 0.15) is 37.2 Å². The number of benzene rings is 1. The van der Waals surface area contributed by atoms with E-state index in [9.17, 15) is 14.4 Å².